The summed E-state index contributed by atoms with van der Waals surface area (Å²) in [4.78, 5) is 33.0. The van der Waals surface area contributed by atoms with Gasteiger partial charge in [0.2, 0.25) is 0 Å². The summed E-state index contributed by atoms with van der Waals surface area (Å²) >= 11 is 2.92. The Morgan fingerprint density at radius 1 is 1.27 bits per heavy atom. The number of nitrogens with zero attached hydrogens (tertiary/aromatic N) is 1. The summed E-state index contributed by atoms with van der Waals surface area (Å²) in [5.74, 6) is -0.512. The van der Waals surface area contributed by atoms with Crippen molar-refractivity contribution < 1.29 is 19.4 Å². The number of ketones is 1. The van der Waals surface area contributed by atoms with Crippen LogP contribution < -0.4 is 0 Å². The summed E-state index contributed by atoms with van der Waals surface area (Å²) in [5.41, 5.74) is 1.82. The van der Waals surface area contributed by atoms with Crippen LogP contribution in [0.5, 0.6) is 0 Å². The number of carbonyl (C=O) groups excluding carboxylic acids is 2. The van der Waals surface area contributed by atoms with E-state index in [1.54, 1.807) is 11.3 Å². The van der Waals surface area contributed by atoms with Crippen LogP contribution in [0.4, 0.5) is 0 Å². The quantitative estimate of drug-likeness (QED) is 0.406. The van der Waals surface area contributed by atoms with Gasteiger partial charge in [0.15, 0.2) is 11.0 Å². The normalized spacial score (nSPS) is 21.5. The van der Waals surface area contributed by atoms with E-state index >= 15 is 0 Å². The lowest BCUT2D eigenvalue weighted by Crippen LogP contribution is -2.52. The van der Waals surface area contributed by atoms with Gasteiger partial charge in [0.1, 0.15) is 5.60 Å². The predicted octanol–water partition coefficient (Wildman–Crippen LogP) is 5.55. The molecular formula is C26H35NO4S2. The van der Waals surface area contributed by atoms with Crippen LogP contribution in [-0.2, 0) is 32.8 Å². The SMILES string of the molecule is Cc1cnc(CCC2(C(C)C)CC(=O)C(Sc3cc(C)c(CO)cc3C(C)(C)C)C(=O)O2)s1. The van der Waals surface area contributed by atoms with Gasteiger partial charge in [-0.2, -0.15) is 0 Å². The highest BCUT2D eigenvalue weighted by Gasteiger charge is 2.49. The molecule has 1 fully saturated rings. The summed E-state index contributed by atoms with van der Waals surface area (Å²) in [7, 11) is 0. The van der Waals surface area contributed by atoms with Crippen molar-refractivity contribution in [3.8, 4) is 0 Å². The van der Waals surface area contributed by atoms with E-state index in [2.05, 4.69) is 25.8 Å². The van der Waals surface area contributed by atoms with Crippen molar-refractivity contribution in [1.82, 2.24) is 4.98 Å². The van der Waals surface area contributed by atoms with Crippen molar-refractivity contribution in [2.75, 3.05) is 0 Å². The average Bonchev–Trinajstić information content (AvgIpc) is 3.13. The van der Waals surface area contributed by atoms with Gasteiger partial charge in [0.25, 0.3) is 0 Å². The second-order valence-electron chi connectivity index (χ2n) is 10.3. The zero-order chi connectivity index (χ0) is 24.6. The molecule has 3 rings (SSSR count). The Morgan fingerprint density at radius 3 is 2.48 bits per heavy atom. The lowest BCUT2D eigenvalue weighted by molar-refractivity contribution is -0.176. The Bertz CT molecular complexity index is 1020. The Hall–Kier alpha value is -1.70. The number of benzene rings is 1. The Labute approximate surface area is 205 Å². The smallest absolute Gasteiger partial charge is 0.327 e. The first-order chi connectivity index (χ1) is 15.4. The van der Waals surface area contributed by atoms with E-state index in [-0.39, 0.29) is 30.1 Å². The second kappa shape index (κ2) is 9.88. The number of rotatable bonds is 7. The highest BCUT2D eigenvalue weighted by molar-refractivity contribution is 8.01. The molecule has 2 atom stereocenters. The van der Waals surface area contributed by atoms with Crippen LogP contribution in [0.3, 0.4) is 0 Å². The monoisotopic (exact) mass is 489 g/mol. The molecule has 0 radical (unpaired) electrons. The molecule has 0 saturated carbocycles. The lowest BCUT2D eigenvalue weighted by atomic mass is 9.79. The maximum atomic E-state index is 13.3. The molecule has 5 nitrogen and oxygen atoms in total. The summed E-state index contributed by atoms with van der Waals surface area (Å²) in [5, 5.41) is 9.84. The molecule has 1 aliphatic heterocycles. The van der Waals surface area contributed by atoms with Gasteiger partial charge in [-0.05, 0) is 54.4 Å². The molecule has 33 heavy (non-hydrogen) atoms. The van der Waals surface area contributed by atoms with Gasteiger partial charge < -0.3 is 9.84 Å². The number of carbonyl (C=O) groups is 2. The number of aryl methyl sites for hydroxylation is 3. The second-order valence-corrected chi connectivity index (χ2v) is 12.8. The van der Waals surface area contributed by atoms with Crippen molar-refractivity contribution in [3.63, 3.8) is 0 Å². The summed E-state index contributed by atoms with van der Waals surface area (Å²) in [6, 6.07) is 3.97. The van der Waals surface area contributed by atoms with E-state index < -0.39 is 16.8 Å². The summed E-state index contributed by atoms with van der Waals surface area (Å²) in [6.07, 6.45) is 3.34. The fourth-order valence-corrected chi connectivity index (χ4v) is 6.35. The van der Waals surface area contributed by atoms with Gasteiger partial charge >= 0.3 is 5.97 Å². The molecule has 0 bridgehead atoms. The maximum absolute atomic E-state index is 13.3. The molecule has 0 aliphatic carbocycles. The van der Waals surface area contributed by atoms with Gasteiger partial charge in [-0.1, -0.05) is 40.7 Å². The third-order valence-corrected chi connectivity index (χ3v) is 8.68. The number of aliphatic hydroxyl groups is 1. The largest absolute Gasteiger partial charge is 0.457 e. The van der Waals surface area contributed by atoms with Crippen LogP contribution in [0, 0.1) is 19.8 Å². The Balaban J connectivity index is 1.84. The number of thioether (sulfide) groups is 1. The molecular weight excluding hydrogens is 454 g/mol. The van der Waals surface area contributed by atoms with Gasteiger partial charge in [-0.25, -0.2) is 4.98 Å². The highest BCUT2D eigenvalue weighted by Crippen LogP contribution is 2.42. The van der Waals surface area contributed by atoms with Crippen LogP contribution in [0.1, 0.15) is 74.0 Å². The molecule has 1 N–H and O–H groups in total. The third-order valence-electron chi connectivity index (χ3n) is 6.43. The number of cyclic esters (lactones) is 1. The van der Waals surface area contributed by atoms with Crippen LogP contribution in [0.15, 0.2) is 23.2 Å². The number of hydrogen-bond donors (Lipinski definition) is 1. The number of Topliss-reactive ketones (excluding diaryl/α,β-unsaturated/α-hetero) is 1. The fraction of sp³-hybridized carbons (Fsp3) is 0.577. The van der Waals surface area contributed by atoms with Gasteiger partial charge in [-0.3, -0.25) is 9.59 Å². The molecule has 1 aliphatic rings. The number of aliphatic hydroxyl groups excluding tert-OH is 1. The minimum Gasteiger partial charge on any atom is -0.457 e. The third kappa shape index (κ3) is 5.69. The fourth-order valence-electron chi connectivity index (χ4n) is 4.22. The van der Waals surface area contributed by atoms with Crippen molar-refractivity contribution in [2.45, 2.75) is 95.5 Å². The Kier molecular flexibility index (Phi) is 7.76. The van der Waals surface area contributed by atoms with E-state index in [0.717, 1.165) is 31.5 Å². The van der Waals surface area contributed by atoms with Gasteiger partial charge in [0.05, 0.1) is 11.6 Å². The van der Waals surface area contributed by atoms with Crippen molar-refractivity contribution in [2.24, 2.45) is 5.92 Å². The van der Waals surface area contributed by atoms with E-state index in [1.807, 2.05) is 46.0 Å². The Morgan fingerprint density at radius 2 is 1.97 bits per heavy atom. The van der Waals surface area contributed by atoms with E-state index in [1.165, 1.54) is 11.8 Å². The molecule has 0 amide bonds. The molecule has 1 saturated heterocycles. The zero-order valence-corrected chi connectivity index (χ0v) is 22.3. The first-order valence-electron chi connectivity index (χ1n) is 11.4. The van der Waals surface area contributed by atoms with Crippen LogP contribution >= 0.6 is 23.1 Å². The number of thiazole rings is 1. The lowest BCUT2D eigenvalue weighted by Gasteiger charge is -2.41. The van der Waals surface area contributed by atoms with E-state index in [9.17, 15) is 14.7 Å². The minimum absolute atomic E-state index is 0.0219. The van der Waals surface area contributed by atoms with Crippen LogP contribution in [-0.4, -0.2) is 32.7 Å². The van der Waals surface area contributed by atoms with Gasteiger partial charge in [0, 0.05) is 28.8 Å². The molecule has 1 aromatic heterocycles. The summed E-state index contributed by atoms with van der Waals surface area (Å²) < 4.78 is 6.08. The first-order valence-corrected chi connectivity index (χ1v) is 13.1. The molecule has 1 aromatic carbocycles. The number of aromatic nitrogens is 1. The standard InChI is InChI=1S/C26H35NO4S2/c1-15(2)26(9-8-22-27-13-17(4)32-22)12-20(29)23(24(30)31-26)33-21-10-16(3)18(14-28)11-19(21)25(5,6)7/h10-11,13,15,23,28H,8-9,12,14H2,1-7H3. The molecule has 0 spiro atoms. The van der Waals surface area contributed by atoms with Crippen molar-refractivity contribution in [1.29, 1.82) is 0 Å². The number of hydrogen-bond acceptors (Lipinski definition) is 7. The van der Waals surface area contributed by atoms with E-state index in [4.69, 9.17) is 4.74 Å². The van der Waals surface area contributed by atoms with Crippen LogP contribution in [0.25, 0.3) is 0 Å². The molecule has 2 aromatic rings. The highest BCUT2D eigenvalue weighted by atomic mass is 32.2. The van der Waals surface area contributed by atoms with Crippen LogP contribution in [0.2, 0.25) is 0 Å². The average molecular weight is 490 g/mol. The van der Waals surface area contributed by atoms with Crippen molar-refractivity contribution >= 4 is 34.9 Å². The zero-order valence-electron chi connectivity index (χ0n) is 20.7. The topological polar surface area (TPSA) is 76.5 Å². The van der Waals surface area contributed by atoms with Crippen molar-refractivity contribution in [3.05, 3.63) is 44.9 Å². The van der Waals surface area contributed by atoms with Gasteiger partial charge in [-0.15, -0.1) is 23.1 Å². The van der Waals surface area contributed by atoms with E-state index in [0.29, 0.717) is 12.8 Å². The molecule has 2 heterocycles. The number of esters is 1. The summed E-state index contributed by atoms with van der Waals surface area (Å²) in [6.45, 7) is 14.2. The first kappa shape index (κ1) is 25.9. The molecule has 180 valence electrons. The molecule has 7 heteroatoms. The molecule has 2 unspecified atom stereocenters. The maximum Gasteiger partial charge on any atom is 0.327 e. The minimum atomic E-state index is -0.876. The number of ether oxygens (including phenoxy) is 1. The predicted molar refractivity (Wildman–Crippen MR) is 134 cm³/mol.